The van der Waals surface area contributed by atoms with Crippen molar-refractivity contribution < 1.29 is 0 Å². The molecule has 18 heavy (non-hydrogen) atoms. The van der Waals surface area contributed by atoms with E-state index in [-0.39, 0.29) is 0 Å². The Morgan fingerprint density at radius 2 is 2.11 bits per heavy atom. The third-order valence-corrected chi connectivity index (χ3v) is 2.52. The number of pyridine rings is 1. The highest BCUT2D eigenvalue weighted by molar-refractivity contribution is 7.80. The summed E-state index contributed by atoms with van der Waals surface area (Å²) < 4.78 is 0.633. The van der Waals surface area contributed by atoms with E-state index in [2.05, 4.69) is 37.5 Å². The predicted molar refractivity (Wildman–Crippen MR) is 75.0 cm³/mol. The van der Waals surface area contributed by atoms with Gasteiger partial charge in [-0.25, -0.2) is 4.98 Å². The van der Waals surface area contributed by atoms with Crippen molar-refractivity contribution in [2.75, 3.05) is 0 Å². The average Bonchev–Trinajstić information content (AvgIpc) is 3.03. The van der Waals surface area contributed by atoms with E-state index in [0.29, 0.717) is 9.93 Å². The number of hydrogen-bond acceptors (Lipinski definition) is 4. The largest absolute Gasteiger partial charge is 0.340 e. The normalized spacial score (nSPS) is 9.61. The topological polar surface area (TPSA) is 73.2 Å². The summed E-state index contributed by atoms with van der Waals surface area (Å²) in [5.74, 6) is 0. The van der Waals surface area contributed by atoms with Crippen LogP contribution in [0.25, 0.3) is 11.3 Å². The first-order valence-corrected chi connectivity index (χ1v) is 5.97. The van der Waals surface area contributed by atoms with Crippen molar-refractivity contribution >= 4 is 24.8 Å². The molecule has 0 aromatic carbocycles. The van der Waals surface area contributed by atoms with Crippen LogP contribution in [0, 0.1) is 4.77 Å². The molecule has 3 N–H and O–H groups in total. The van der Waals surface area contributed by atoms with E-state index in [9.17, 15) is 0 Å². The molecule has 3 aromatic heterocycles. The highest BCUT2D eigenvalue weighted by atomic mass is 32.1. The number of imidazole rings is 2. The molecule has 0 spiro atoms. The van der Waals surface area contributed by atoms with E-state index in [1.54, 1.807) is 24.8 Å². The van der Waals surface area contributed by atoms with Gasteiger partial charge in [-0.15, -0.1) is 12.6 Å². The standard InChI is InChI=1S/C8H7N3S.C3H4N2S/c12-8-10-5-7(11-8)6-2-1-3-9-4-6;6-3-4-1-2-5-3/h1-5H,(H2,10,11,12);1-2H,(H2,4,5,6). The lowest BCUT2D eigenvalue weighted by molar-refractivity contribution is 1.07. The first-order chi connectivity index (χ1) is 8.75. The number of H-pyrrole nitrogens is 3. The Kier molecular flexibility index (Phi) is 4.32. The molecule has 3 aromatic rings. The molecular weight excluding hydrogens is 266 g/mol. The third-order valence-electron chi connectivity index (χ3n) is 2.05. The molecule has 0 amide bonds. The number of rotatable bonds is 1. The SMILES string of the molecule is S=c1[nH]cc(-c2cccnc2)[nH]1.Sc1ncc[nH]1. The molecule has 0 saturated heterocycles. The minimum atomic E-state index is 0.633. The van der Waals surface area contributed by atoms with Gasteiger partial charge < -0.3 is 15.0 Å². The molecule has 5 nitrogen and oxygen atoms in total. The Morgan fingerprint density at radius 3 is 2.56 bits per heavy atom. The molecule has 0 radical (unpaired) electrons. The maximum absolute atomic E-state index is 4.90. The zero-order valence-corrected chi connectivity index (χ0v) is 11.0. The molecule has 0 bridgehead atoms. The smallest absolute Gasteiger partial charge is 0.174 e. The summed E-state index contributed by atoms with van der Waals surface area (Å²) in [7, 11) is 0. The lowest BCUT2D eigenvalue weighted by atomic mass is 10.2. The van der Waals surface area contributed by atoms with Crippen molar-refractivity contribution in [2.24, 2.45) is 0 Å². The number of aromatic nitrogens is 5. The van der Waals surface area contributed by atoms with Gasteiger partial charge in [0, 0.05) is 36.5 Å². The van der Waals surface area contributed by atoms with Crippen molar-refractivity contribution in [2.45, 2.75) is 5.16 Å². The van der Waals surface area contributed by atoms with E-state index < -0.39 is 0 Å². The minimum Gasteiger partial charge on any atom is -0.340 e. The van der Waals surface area contributed by atoms with Crippen molar-refractivity contribution in [1.29, 1.82) is 0 Å². The lowest BCUT2D eigenvalue weighted by Crippen LogP contribution is -1.77. The number of aromatic amines is 3. The number of nitrogens with one attached hydrogen (secondary N) is 3. The van der Waals surface area contributed by atoms with Crippen LogP contribution in [-0.4, -0.2) is 24.9 Å². The maximum Gasteiger partial charge on any atom is 0.174 e. The summed E-state index contributed by atoms with van der Waals surface area (Å²) in [5.41, 5.74) is 2.00. The van der Waals surface area contributed by atoms with Gasteiger partial charge in [-0.1, -0.05) is 0 Å². The zero-order valence-electron chi connectivity index (χ0n) is 9.29. The van der Waals surface area contributed by atoms with E-state index in [4.69, 9.17) is 12.2 Å². The Labute approximate surface area is 114 Å². The fourth-order valence-electron chi connectivity index (χ4n) is 1.27. The van der Waals surface area contributed by atoms with Crippen LogP contribution in [0.1, 0.15) is 0 Å². The van der Waals surface area contributed by atoms with E-state index in [1.807, 2.05) is 18.3 Å². The van der Waals surface area contributed by atoms with Gasteiger partial charge in [0.05, 0.1) is 5.69 Å². The Hall–Kier alpha value is -1.86. The van der Waals surface area contributed by atoms with Gasteiger partial charge in [0.1, 0.15) is 0 Å². The van der Waals surface area contributed by atoms with Crippen LogP contribution < -0.4 is 0 Å². The lowest BCUT2D eigenvalue weighted by Gasteiger charge is -1.92. The van der Waals surface area contributed by atoms with Crippen molar-refractivity contribution in [3.05, 3.63) is 47.9 Å². The van der Waals surface area contributed by atoms with Crippen LogP contribution in [0.5, 0.6) is 0 Å². The molecular formula is C11H11N5S2. The Bertz CT molecular complexity index is 627. The molecule has 0 unspecified atom stereocenters. The highest BCUT2D eigenvalue weighted by Gasteiger charge is 1.96. The van der Waals surface area contributed by atoms with Gasteiger partial charge in [0.15, 0.2) is 9.93 Å². The van der Waals surface area contributed by atoms with E-state index in [0.717, 1.165) is 11.3 Å². The third kappa shape index (κ3) is 3.57. The second kappa shape index (κ2) is 6.18. The number of hydrogen-bond donors (Lipinski definition) is 4. The fourth-order valence-corrected chi connectivity index (χ4v) is 1.58. The van der Waals surface area contributed by atoms with Gasteiger partial charge in [0.25, 0.3) is 0 Å². The van der Waals surface area contributed by atoms with Crippen LogP contribution >= 0.6 is 24.8 Å². The molecule has 0 saturated carbocycles. The van der Waals surface area contributed by atoms with Crippen molar-refractivity contribution in [1.82, 2.24) is 24.9 Å². The van der Waals surface area contributed by atoms with Gasteiger partial charge >= 0.3 is 0 Å². The molecule has 92 valence electrons. The van der Waals surface area contributed by atoms with Crippen LogP contribution in [-0.2, 0) is 0 Å². The molecule has 3 heterocycles. The van der Waals surface area contributed by atoms with Crippen molar-refractivity contribution in [3.8, 4) is 11.3 Å². The molecule has 3 rings (SSSR count). The fraction of sp³-hybridized carbons (Fsp3) is 0. The van der Waals surface area contributed by atoms with Crippen LogP contribution in [0.3, 0.4) is 0 Å². The zero-order chi connectivity index (χ0) is 12.8. The summed E-state index contributed by atoms with van der Waals surface area (Å²) in [5, 5.41) is 0.662. The van der Waals surface area contributed by atoms with Crippen LogP contribution in [0.4, 0.5) is 0 Å². The van der Waals surface area contributed by atoms with Crippen molar-refractivity contribution in [3.63, 3.8) is 0 Å². The molecule has 7 heteroatoms. The second-order valence-electron chi connectivity index (χ2n) is 3.31. The maximum atomic E-state index is 4.90. The molecule has 0 fully saturated rings. The summed E-state index contributed by atoms with van der Waals surface area (Å²) >= 11 is 8.77. The highest BCUT2D eigenvalue weighted by Crippen LogP contribution is 2.13. The Balaban J connectivity index is 0.000000169. The summed E-state index contributed by atoms with van der Waals surface area (Å²) in [4.78, 5) is 16.4. The minimum absolute atomic E-state index is 0.633. The summed E-state index contributed by atoms with van der Waals surface area (Å²) in [6.07, 6.45) is 8.74. The van der Waals surface area contributed by atoms with E-state index >= 15 is 0 Å². The van der Waals surface area contributed by atoms with Gasteiger partial charge in [-0.2, -0.15) is 0 Å². The quantitative estimate of drug-likeness (QED) is 0.408. The van der Waals surface area contributed by atoms with Gasteiger partial charge in [0.2, 0.25) is 0 Å². The van der Waals surface area contributed by atoms with Crippen LogP contribution in [0.15, 0.2) is 48.3 Å². The van der Waals surface area contributed by atoms with Gasteiger partial charge in [-0.05, 0) is 24.4 Å². The average molecular weight is 277 g/mol. The first-order valence-electron chi connectivity index (χ1n) is 5.12. The van der Waals surface area contributed by atoms with E-state index in [1.165, 1.54) is 0 Å². The number of thiol groups is 1. The molecule has 0 aliphatic rings. The first kappa shape index (κ1) is 12.6. The molecule has 0 atom stereocenters. The monoisotopic (exact) mass is 277 g/mol. The second-order valence-corrected chi connectivity index (χ2v) is 4.14. The molecule has 0 aliphatic heterocycles. The number of nitrogens with zero attached hydrogens (tertiary/aromatic N) is 2. The Morgan fingerprint density at radius 1 is 1.22 bits per heavy atom. The van der Waals surface area contributed by atoms with Gasteiger partial charge in [-0.3, -0.25) is 4.98 Å². The predicted octanol–water partition coefficient (Wildman–Crippen LogP) is 2.83. The summed E-state index contributed by atoms with van der Waals surface area (Å²) in [6.45, 7) is 0. The summed E-state index contributed by atoms with van der Waals surface area (Å²) in [6, 6.07) is 3.86. The van der Waals surface area contributed by atoms with Crippen LogP contribution in [0.2, 0.25) is 0 Å². The molecule has 0 aliphatic carbocycles.